The van der Waals surface area contributed by atoms with Crippen molar-refractivity contribution < 1.29 is 14.8 Å². The predicted molar refractivity (Wildman–Crippen MR) is 62.6 cm³/mol. The molecule has 0 bridgehead atoms. The van der Waals surface area contributed by atoms with E-state index in [-0.39, 0.29) is 5.60 Å². The first-order valence-corrected chi connectivity index (χ1v) is 4.89. The third-order valence-electron chi connectivity index (χ3n) is 1.51. The molecule has 0 saturated carbocycles. The Kier molecular flexibility index (Phi) is 7.04. The second-order valence-corrected chi connectivity index (χ2v) is 4.03. The van der Waals surface area contributed by atoms with Crippen LogP contribution in [0.2, 0.25) is 0 Å². The zero-order chi connectivity index (χ0) is 11.7. The van der Waals surface area contributed by atoms with Gasteiger partial charge in [0.25, 0.3) is 0 Å². The van der Waals surface area contributed by atoms with Gasteiger partial charge in [-0.1, -0.05) is 30.3 Å². The standard InChI is InChI=1S/C11H16O.BH3O2/c1-11(2,3)12-9-10-7-5-4-6-8-10;2-1-3/h4-8H,9H2,1-3H3;1-3H. The summed E-state index contributed by atoms with van der Waals surface area (Å²) in [5.74, 6) is 0. The fraction of sp³-hybridized carbons (Fsp3) is 0.455. The van der Waals surface area contributed by atoms with Crippen molar-refractivity contribution in [3.8, 4) is 0 Å². The van der Waals surface area contributed by atoms with E-state index in [2.05, 4.69) is 32.9 Å². The highest BCUT2D eigenvalue weighted by atomic mass is 16.5. The van der Waals surface area contributed by atoms with Gasteiger partial charge in [-0.05, 0) is 26.3 Å². The summed E-state index contributed by atoms with van der Waals surface area (Å²) in [6.07, 6.45) is 0. The summed E-state index contributed by atoms with van der Waals surface area (Å²) < 4.78 is 5.62. The summed E-state index contributed by atoms with van der Waals surface area (Å²) in [4.78, 5) is 0. The maximum absolute atomic E-state index is 7.12. The molecule has 0 saturated heterocycles. The molecule has 0 aliphatic carbocycles. The van der Waals surface area contributed by atoms with Crippen molar-refractivity contribution in [3.05, 3.63) is 35.9 Å². The molecule has 0 fully saturated rings. The van der Waals surface area contributed by atoms with Gasteiger partial charge in [0.1, 0.15) is 0 Å². The zero-order valence-corrected chi connectivity index (χ0v) is 9.60. The number of benzene rings is 1. The number of hydrogen-bond donors (Lipinski definition) is 2. The fourth-order valence-corrected chi connectivity index (χ4v) is 0.874. The molecule has 15 heavy (non-hydrogen) atoms. The topological polar surface area (TPSA) is 49.7 Å². The van der Waals surface area contributed by atoms with Crippen LogP contribution in [-0.2, 0) is 11.3 Å². The fourth-order valence-electron chi connectivity index (χ4n) is 0.874. The average molecular weight is 210 g/mol. The van der Waals surface area contributed by atoms with Crippen LogP contribution < -0.4 is 0 Å². The Hall–Kier alpha value is -0.835. The third kappa shape index (κ3) is 9.47. The number of rotatable bonds is 2. The average Bonchev–Trinajstić information content (AvgIpc) is 2.17. The highest BCUT2D eigenvalue weighted by molar-refractivity contribution is 6.13. The van der Waals surface area contributed by atoms with Gasteiger partial charge in [0.05, 0.1) is 12.2 Å². The van der Waals surface area contributed by atoms with Crippen LogP contribution in [0, 0.1) is 0 Å². The molecule has 4 heteroatoms. The monoisotopic (exact) mass is 210 g/mol. The van der Waals surface area contributed by atoms with Crippen molar-refractivity contribution in [3.63, 3.8) is 0 Å². The van der Waals surface area contributed by atoms with Crippen molar-refractivity contribution in [2.24, 2.45) is 0 Å². The lowest BCUT2D eigenvalue weighted by Gasteiger charge is -2.19. The van der Waals surface area contributed by atoms with Gasteiger partial charge in [0.15, 0.2) is 0 Å². The van der Waals surface area contributed by atoms with E-state index in [4.69, 9.17) is 14.8 Å². The van der Waals surface area contributed by atoms with Gasteiger partial charge in [-0.3, -0.25) is 0 Å². The molecule has 0 amide bonds. The maximum atomic E-state index is 7.12. The highest BCUT2D eigenvalue weighted by Gasteiger charge is 2.09. The summed E-state index contributed by atoms with van der Waals surface area (Å²) in [7, 11) is -0.750. The van der Waals surface area contributed by atoms with Crippen LogP contribution in [0.1, 0.15) is 26.3 Å². The SMILES string of the molecule is CC(C)(C)OCc1ccccc1.OBO. The summed E-state index contributed by atoms with van der Waals surface area (Å²) in [6.45, 7) is 6.90. The van der Waals surface area contributed by atoms with E-state index in [0.717, 1.165) is 0 Å². The molecule has 0 aliphatic heterocycles. The summed E-state index contributed by atoms with van der Waals surface area (Å²) in [6, 6.07) is 10.2. The molecular weight excluding hydrogens is 191 g/mol. The first-order valence-electron chi connectivity index (χ1n) is 4.89. The third-order valence-corrected chi connectivity index (χ3v) is 1.51. The van der Waals surface area contributed by atoms with E-state index in [1.807, 2.05) is 18.2 Å². The van der Waals surface area contributed by atoms with Gasteiger partial charge in [0.2, 0.25) is 0 Å². The molecule has 0 aromatic heterocycles. The molecule has 0 heterocycles. The van der Waals surface area contributed by atoms with E-state index >= 15 is 0 Å². The van der Waals surface area contributed by atoms with Gasteiger partial charge in [-0.2, -0.15) is 0 Å². The molecule has 0 atom stereocenters. The molecule has 1 rings (SSSR count). The number of hydrogen-bond acceptors (Lipinski definition) is 3. The van der Waals surface area contributed by atoms with E-state index in [1.54, 1.807) is 0 Å². The molecule has 0 unspecified atom stereocenters. The van der Waals surface area contributed by atoms with Gasteiger partial charge in [-0.15, -0.1) is 0 Å². The second kappa shape index (κ2) is 7.46. The quantitative estimate of drug-likeness (QED) is 0.722. The van der Waals surface area contributed by atoms with Crippen LogP contribution in [0.25, 0.3) is 0 Å². The van der Waals surface area contributed by atoms with Crippen molar-refractivity contribution in [1.29, 1.82) is 0 Å². The molecule has 0 aliphatic rings. The maximum Gasteiger partial charge on any atom is 0.432 e. The molecule has 84 valence electrons. The van der Waals surface area contributed by atoms with E-state index in [0.29, 0.717) is 6.61 Å². The summed E-state index contributed by atoms with van der Waals surface area (Å²) in [5.41, 5.74) is 1.18. The zero-order valence-electron chi connectivity index (χ0n) is 9.60. The van der Waals surface area contributed by atoms with E-state index in [9.17, 15) is 0 Å². The molecule has 1 aromatic rings. The van der Waals surface area contributed by atoms with Crippen LogP contribution in [0.4, 0.5) is 0 Å². The molecule has 0 spiro atoms. The summed E-state index contributed by atoms with van der Waals surface area (Å²) in [5, 5.41) is 14.2. The predicted octanol–water partition coefficient (Wildman–Crippen LogP) is 1.24. The Balaban J connectivity index is 0.000000583. The lowest BCUT2D eigenvalue weighted by atomic mass is 10.2. The minimum atomic E-state index is -0.750. The Morgan fingerprint density at radius 1 is 1.13 bits per heavy atom. The Labute approximate surface area is 92.0 Å². The molecule has 1 aromatic carbocycles. The van der Waals surface area contributed by atoms with Crippen LogP contribution in [0.15, 0.2) is 30.3 Å². The van der Waals surface area contributed by atoms with Crippen molar-refractivity contribution in [2.75, 3.05) is 0 Å². The van der Waals surface area contributed by atoms with Crippen LogP contribution >= 0.6 is 0 Å². The van der Waals surface area contributed by atoms with Gasteiger partial charge >= 0.3 is 7.69 Å². The number of ether oxygens (including phenoxy) is 1. The van der Waals surface area contributed by atoms with E-state index < -0.39 is 7.69 Å². The highest BCUT2D eigenvalue weighted by Crippen LogP contribution is 2.10. The Morgan fingerprint density at radius 2 is 1.60 bits per heavy atom. The molecule has 3 nitrogen and oxygen atoms in total. The Bertz CT molecular complexity index is 244. The van der Waals surface area contributed by atoms with Gasteiger partial charge in [-0.25, -0.2) is 0 Å². The van der Waals surface area contributed by atoms with Crippen molar-refractivity contribution in [2.45, 2.75) is 33.0 Å². The Morgan fingerprint density at radius 3 is 2.00 bits per heavy atom. The summed E-state index contributed by atoms with van der Waals surface area (Å²) >= 11 is 0. The van der Waals surface area contributed by atoms with Crippen LogP contribution in [0.3, 0.4) is 0 Å². The lowest BCUT2D eigenvalue weighted by molar-refractivity contribution is -0.0149. The van der Waals surface area contributed by atoms with Gasteiger partial charge in [0, 0.05) is 0 Å². The smallest absolute Gasteiger partial charge is 0.430 e. The lowest BCUT2D eigenvalue weighted by Crippen LogP contribution is -2.18. The van der Waals surface area contributed by atoms with Crippen molar-refractivity contribution >= 4 is 7.69 Å². The largest absolute Gasteiger partial charge is 0.432 e. The van der Waals surface area contributed by atoms with Crippen LogP contribution in [-0.4, -0.2) is 23.3 Å². The first kappa shape index (κ1) is 14.2. The van der Waals surface area contributed by atoms with E-state index in [1.165, 1.54) is 5.56 Å². The molecule has 2 N–H and O–H groups in total. The molecular formula is C11H19BO3. The van der Waals surface area contributed by atoms with Gasteiger partial charge < -0.3 is 14.8 Å². The minimum Gasteiger partial charge on any atom is -0.430 e. The first-order chi connectivity index (χ1) is 6.99. The van der Waals surface area contributed by atoms with Crippen molar-refractivity contribution in [1.82, 2.24) is 0 Å². The van der Waals surface area contributed by atoms with Crippen LogP contribution in [0.5, 0.6) is 0 Å². The normalized spacial score (nSPS) is 10.2. The molecule has 0 radical (unpaired) electrons. The minimum absolute atomic E-state index is 0.0458. The second-order valence-electron chi connectivity index (χ2n) is 4.03.